The van der Waals surface area contributed by atoms with E-state index >= 15 is 0 Å². The number of anilines is 2. The molecule has 6 heteroatoms. The van der Waals surface area contributed by atoms with Gasteiger partial charge in [-0.2, -0.15) is 0 Å². The van der Waals surface area contributed by atoms with Crippen LogP contribution in [0.4, 0.5) is 11.4 Å². The van der Waals surface area contributed by atoms with E-state index in [9.17, 15) is 9.59 Å². The van der Waals surface area contributed by atoms with Gasteiger partial charge in [0.15, 0.2) is 5.75 Å². The van der Waals surface area contributed by atoms with Crippen molar-refractivity contribution < 1.29 is 18.7 Å². The molecule has 28 heavy (non-hydrogen) atoms. The number of nitrogens with one attached hydrogen (secondary N) is 1. The van der Waals surface area contributed by atoms with Crippen LogP contribution in [0.3, 0.4) is 0 Å². The molecule has 0 spiro atoms. The molecule has 6 nitrogen and oxygen atoms in total. The van der Waals surface area contributed by atoms with Gasteiger partial charge in [-0.05, 0) is 61.0 Å². The van der Waals surface area contributed by atoms with Crippen molar-refractivity contribution in [2.24, 2.45) is 0 Å². The third-order valence-corrected chi connectivity index (χ3v) is 4.42. The summed E-state index contributed by atoms with van der Waals surface area (Å²) in [7, 11) is 1.70. The molecule has 0 radical (unpaired) electrons. The van der Waals surface area contributed by atoms with E-state index in [4.69, 9.17) is 9.15 Å². The van der Waals surface area contributed by atoms with Crippen molar-refractivity contribution in [1.82, 2.24) is 0 Å². The summed E-state index contributed by atoms with van der Waals surface area (Å²) in [5.74, 6) is 1.10. The number of furan rings is 1. The number of nitrogens with zero attached hydrogens (tertiary/aromatic N) is 1. The molecule has 1 N–H and O–H groups in total. The van der Waals surface area contributed by atoms with E-state index in [0.29, 0.717) is 34.2 Å². The SMILES string of the molecule is Cc1ccc2c(c1)N(C)C(=O)c1cc(NC(=O)C=Cc3ccco3)ccc1O2. The Labute approximate surface area is 162 Å². The van der Waals surface area contributed by atoms with Crippen LogP contribution in [0.5, 0.6) is 11.5 Å². The number of benzene rings is 2. The van der Waals surface area contributed by atoms with Crippen molar-refractivity contribution in [3.63, 3.8) is 0 Å². The van der Waals surface area contributed by atoms with Crippen molar-refractivity contribution in [2.75, 3.05) is 17.3 Å². The van der Waals surface area contributed by atoms with Gasteiger partial charge in [-0.1, -0.05) is 6.07 Å². The number of carbonyl (C=O) groups excluding carboxylic acids is 2. The van der Waals surface area contributed by atoms with E-state index in [-0.39, 0.29) is 11.8 Å². The molecule has 140 valence electrons. The van der Waals surface area contributed by atoms with Crippen LogP contribution < -0.4 is 15.0 Å². The van der Waals surface area contributed by atoms with Crippen LogP contribution in [0.1, 0.15) is 21.7 Å². The normalized spacial score (nSPS) is 12.9. The Hall–Kier alpha value is -3.80. The van der Waals surface area contributed by atoms with Crippen molar-refractivity contribution in [3.8, 4) is 11.5 Å². The molecule has 2 heterocycles. The molecule has 0 unspecified atom stereocenters. The van der Waals surface area contributed by atoms with Crippen molar-refractivity contribution >= 4 is 29.3 Å². The van der Waals surface area contributed by atoms with Crippen LogP contribution in [-0.2, 0) is 4.79 Å². The van der Waals surface area contributed by atoms with Crippen LogP contribution in [0.2, 0.25) is 0 Å². The molecule has 1 aliphatic heterocycles. The first-order valence-corrected chi connectivity index (χ1v) is 8.74. The lowest BCUT2D eigenvalue weighted by atomic mass is 10.1. The van der Waals surface area contributed by atoms with Gasteiger partial charge in [0.1, 0.15) is 11.5 Å². The van der Waals surface area contributed by atoms with E-state index in [1.165, 1.54) is 12.3 Å². The zero-order chi connectivity index (χ0) is 19.7. The molecular formula is C22H18N2O4. The number of amides is 2. The summed E-state index contributed by atoms with van der Waals surface area (Å²) in [6.45, 7) is 1.96. The summed E-state index contributed by atoms with van der Waals surface area (Å²) < 4.78 is 11.1. The highest BCUT2D eigenvalue weighted by Gasteiger charge is 2.26. The van der Waals surface area contributed by atoms with E-state index < -0.39 is 0 Å². The summed E-state index contributed by atoms with van der Waals surface area (Å²) >= 11 is 0. The predicted molar refractivity (Wildman–Crippen MR) is 107 cm³/mol. The van der Waals surface area contributed by atoms with E-state index in [1.807, 2.05) is 25.1 Å². The van der Waals surface area contributed by atoms with E-state index in [0.717, 1.165) is 5.56 Å². The first kappa shape index (κ1) is 17.6. The summed E-state index contributed by atoms with van der Waals surface area (Å²) in [5.41, 5.74) is 2.61. The maximum absolute atomic E-state index is 12.9. The zero-order valence-electron chi connectivity index (χ0n) is 15.4. The first-order valence-electron chi connectivity index (χ1n) is 8.74. The fourth-order valence-electron chi connectivity index (χ4n) is 2.98. The highest BCUT2D eigenvalue weighted by atomic mass is 16.5. The highest BCUT2D eigenvalue weighted by Crippen LogP contribution is 2.39. The number of aryl methyl sites for hydroxylation is 1. The molecule has 1 aromatic heterocycles. The molecule has 3 aromatic rings. The molecule has 0 fully saturated rings. The van der Waals surface area contributed by atoms with Gasteiger partial charge >= 0.3 is 0 Å². The fourth-order valence-corrected chi connectivity index (χ4v) is 2.98. The van der Waals surface area contributed by atoms with Gasteiger partial charge in [-0.25, -0.2) is 0 Å². The second-order valence-corrected chi connectivity index (χ2v) is 6.49. The lowest BCUT2D eigenvalue weighted by Gasteiger charge is -2.16. The Morgan fingerprint density at radius 1 is 1.11 bits per heavy atom. The van der Waals surface area contributed by atoms with Gasteiger partial charge in [-0.3, -0.25) is 9.59 Å². The molecule has 0 saturated carbocycles. The number of rotatable bonds is 3. The molecule has 0 aliphatic carbocycles. The molecule has 4 rings (SSSR count). The minimum atomic E-state index is -0.328. The maximum atomic E-state index is 12.9. The summed E-state index contributed by atoms with van der Waals surface area (Å²) in [4.78, 5) is 26.6. The van der Waals surface area contributed by atoms with Gasteiger partial charge in [0, 0.05) is 18.8 Å². The van der Waals surface area contributed by atoms with Crippen LogP contribution in [0.15, 0.2) is 65.3 Å². The second kappa shape index (κ2) is 7.08. The van der Waals surface area contributed by atoms with Gasteiger partial charge in [0.25, 0.3) is 5.91 Å². The van der Waals surface area contributed by atoms with Gasteiger partial charge in [-0.15, -0.1) is 0 Å². The molecule has 0 atom stereocenters. The van der Waals surface area contributed by atoms with Gasteiger partial charge < -0.3 is 19.4 Å². The lowest BCUT2D eigenvalue weighted by Crippen LogP contribution is -2.25. The maximum Gasteiger partial charge on any atom is 0.261 e. The number of hydrogen-bond donors (Lipinski definition) is 1. The van der Waals surface area contributed by atoms with Crippen molar-refractivity contribution in [2.45, 2.75) is 6.92 Å². The largest absolute Gasteiger partial charge is 0.465 e. The predicted octanol–water partition coefficient (Wildman–Crippen LogP) is 4.62. The second-order valence-electron chi connectivity index (χ2n) is 6.49. The smallest absolute Gasteiger partial charge is 0.261 e. The molecule has 2 amide bonds. The number of ether oxygens (including phenoxy) is 1. The summed E-state index contributed by atoms with van der Waals surface area (Å²) in [5, 5.41) is 2.75. The minimum Gasteiger partial charge on any atom is -0.465 e. The monoisotopic (exact) mass is 374 g/mol. The molecule has 2 aromatic carbocycles. The Kier molecular flexibility index (Phi) is 4.45. The van der Waals surface area contributed by atoms with Crippen molar-refractivity contribution in [3.05, 3.63) is 77.8 Å². The van der Waals surface area contributed by atoms with Crippen LogP contribution >= 0.6 is 0 Å². The standard InChI is InChI=1S/C22H18N2O4/c1-14-5-8-20-18(12-14)24(2)22(26)17-13-15(6-9-19(17)28-20)23-21(25)10-7-16-4-3-11-27-16/h3-13H,1-2H3,(H,23,25). The molecule has 0 bridgehead atoms. The molecule has 0 saturated heterocycles. The third-order valence-electron chi connectivity index (χ3n) is 4.42. The Bertz CT molecular complexity index is 1080. The minimum absolute atomic E-state index is 0.207. The van der Waals surface area contributed by atoms with Gasteiger partial charge in [0.2, 0.25) is 5.91 Å². The van der Waals surface area contributed by atoms with E-state index in [2.05, 4.69) is 5.32 Å². The summed E-state index contributed by atoms with van der Waals surface area (Å²) in [6.07, 6.45) is 4.47. The Balaban J connectivity index is 1.59. The summed E-state index contributed by atoms with van der Waals surface area (Å²) in [6, 6.07) is 14.2. The molecule has 1 aliphatic rings. The van der Waals surface area contributed by atoms with Crippen LogP contribution in [0.25, 0.3) is 6.08 Å². The third kappa shape index (κ3) is 3.40. The quantitative estimate of drug-likeness (QED) is 0.679. The Morgan fingerprint density at radius 3 is 2.71 bits per heavy atom. The average Bonchev–Trinajstić information content (AvgIpc) is 3.18. The number of hydrogen-bond acceptors (Lipinski definition) is 4. The topological polar surface area (TPSA) is 71.8 Å². The number of fused-ring (bicyclic) bond motifs is 2. The zero-order valence-corrected chi connectivity index (χ0v) is 15.4. The van der Waals surface area contributed by atoms with E-state index in [1.54, 1.807) is 48.4 Å². The molecular weight excluding hydrogens is 356 g/mol. The highest BCUT2D eigenvalue weighted by molar-refractivity contribution is 6.10. The van der Waals surface area contributed by atoms with Gasteiger partial charge in [0.05, 0.1) is 17.5 Å². The Morgan fingerprint density at radius 2 is 1.93 bits per heavy atom. The fraction of sp³-hybridized carbons (Fsp3) is 0.0909. The lowest BCUT2D eigenvalue weighted by molar-refractivity contribution is -0.111. The van der Waals surface area contributed by atoms with Crippen molar-refractivity contribution in [1.29, 1.82) is 0 Å². The average molecular weight is 374 g/mol. The van der Waals surface area contributed by atoms with Crippen LogP contribution in [0, 0.1) is 6.92 Å². The first-order chi connectivity index (χ1) is 13.5. The van der Waals surface area contributed by atoms with Crippen LogP contribution in [-0.4, -0.2) is 18.9 Å². The number of carbonyl (C=O) groups is 2.